The van der Waals surface area contributed by atoms with Gasteiger partial charge in [0.05, 0.1) is 6.54 Å². The average molecular weight is 460 g/mol. The summed E-state index contributed by atoms with van der Waals surface area (Å²) in [5.74, 6) is -0.0282. The smallest absolute Gasteiger partial charge is 0.330 e. The Bertz CT molecular complexity index is 1080. The maximum Gasteiger partial charge on any atom is 0.330 e. The van der Waals surface area contributed by atoms with E-state index >= 15 is 0 Å². The first-order valence-corrected chi connectivity index (χ1v) is 12.5. The number of aromatic amines is 1. The van der Waals surface area contributed by atoms with Crippen LogP contribution in [0.3, 0.4) is 0 Å². The first-order chi connectivity index (χ1) is 15.4. The summed E-state index contributed by atoms with van der Waals surface area (Å²) < 4.78 is 1.40. The zero-order valence-corrected chi connectivity index (χ0v) is 19.7. The highest BCUT2D eigenvalue weighted by molar-refractivity contribution is 7.10. The van der Waals surface area contributed by atoms with Crippen molar-refractivity contribution in [2.45, 2.75) is 77.4 Å². The molecule has 0 saturated heterocycles. The Labute approximate surface area is 192 Å². The van der Waals surface area contributed by atoms with Crippen LogP contribution in [0.5, 0.6) is 0 Å². The molecule has 3 N–H and O–H groups in total. The number of nitrogens with zero attached hydrogens (tertiary/aromatic N) is 3. The SMILES string of the molecule is CCCCn1c(N)c(N(C(=O)CN2CCc3sccc3[C@@H]2C)C2CCCC2)c(=O)[nH]c1=O. The van der Waals surface area contributed by atoms with Crippen LogP contribution < -0.4 is 21.9 Å². The van der Waals surface area contributed by atoms with E-state index in [2.05, 4.69) is 28.3 Å². The van der Waals surface area contributed by atoms with Crippen molar-refractivity contribution in [1.82, 2.24) is 14.5 Å². The van der Waals surface area contributed by atoms with Crippen LogP contribution in [0.4, 0.5) is 11.5 Å². The van der Waals surface area contributed by atoms with Gasteiger partial charge in [-0.05, 0) is 49.6 Å². The summed E-state index contributed by atoms with van der Waals surface area (Å²) in [5, 5.41) is 2.11. The molecule has 9 heteroatoms. The number of hydrogen-bond acceptors (Lipinski definition) is 6. The lowest BCUT2D eigenvalue weighted by Gasteiger charge is -2.36. The van der Waals surface area contributed by atoms with Crippen LogP contribution in [-0.4, -0.2) is 39.5 Å². The number of anilines is 2. The molecule has 0 radical (unpaired) electrons. The Balaban J connectivity index is 1.67. The summed E-state index contributed by atoms with van der Waals surface area (Å²) >= 11 is 1.77. The summed E-state index contributed by atoms with van der Waals surface area (Å²) in [6, 6.07) is 2.22. The molecular formula is C23H33N5O3S. The number of rotatable bonds is 7. The number of fused-ring (bicyclic) bond motifs is 1. The quantitative estimate of drug-likeness (QED) is 0.663. The maximum absolute atomic E-state index is 13.7. The fraction of sp³-hybridized carbons (Fsp3) is 0.609. The zero-order valence-electron chi connectivity index (χ0n) is 18.9. The summed E-state index contributed by atoms with van der Waals surface area (Å²) in [6.07, 6.45) is 6.29. The Hall–Kier alpha value is -2.39. The fourth-order valence-corrected chi connectivity index (χ4v) is 6.01. The minimum absolute atomic E-state index is 0.0696. The number of H-pyrrole nitrogens is 1. The topological polar surface area (TPSA) is 104 Å². The van der Waals surface area contributed by atoms with Crippen LogP contribution in [0.25, 0.3) is 0 Å². The van der Waals surface area contributed by atoms with Crippen molar-refractivity contribution < 1.29 is 4.79 Å². The van der Waals surface area contributed by atoms with E-state index in [1.165, 1.54) is 15.0 Å². The molecule has 3 heterocycles. The van der Waals surface area contributed by atoms with Crippen LogP contribution in [0.1, 0.15) is 68.9 Å². The second-order valence-electron chi connectivity index (χ2n) is 8.90. The number of thiophene rings is 1. The third kappa shape index (κ3) is 4.28. The monoisotopic (exact) mass is 459 g/mol. The van der Waals surface area contributed by atoms with E-state index in [1.807, 2.05) is 6.92 Å². The number of carbonyl (C=O) groups is 1. The van der Waals surface area contributed by atoms with Crippen LogP contribution in [0.2, 0.25) is 0 Å². The number of nitrogen functional groups attached to an aromatic ring is 1. The number of amides is 1. The largest absolute Gasteiger partial charge is 0.383 e. The lowest BCUT2D eigenvalue weighted by Crippen LogP contribution is -2.50. The highest BCUT2D eigenvalue weighted by Gasteiger charge is 2.35. The van der Waals surface area contributed by atoms with E-state index in [0.29, 0.717) is 6.54 Å². The van der Waals surface area contributed by atoms with Crippen molar-refractivity contribution in [2.75, 3.05) is 23.7 Å². The van der Waals surface area contributed by atoms with Crippen LogP contribution in [0.15, 0.2) is 21.0 Å². The van der Waals surface area contributed by atoms with Gasteiger partial charge in [0.1, 0.15) is 5.82 Å². The molecule has 1 fully saturated rings. The molecule has 1 amide bonds. The van der Waals surface area contributed by atoms with Crippen molar-refractivity contribution in [1.29, 1.82) is 0 Å². The van der Waals surface area contributed by atoms with Crippen LogP contribution in [0, 0.1) is 0 Å². The van der Waals surface area contributed by atoms with Gasteiger partial charge in [0.15, 0.2) is 5.69 Å². The molecule has 8 nitrogen and oxygen atoms in total. The number of unbranched alkanes of at least 4 members (excludes halogenated alkanes) is 1. The average Bonchev–Trinajstić information content (AvgIpc) is 3.45. The second kappa shape index (κ2) is 9.62. The Morgan fingerprint density at radius 1 is 1.31 bits per heavy atom. The van der Waals surface area contributed by atoms with E-state index in [-0.39, 0.29) is 36.0 Å². The number of carbonyl (C=O) groups excluding carboxylic acids is 1. The van der Waals surface area contributed by atoms with E-state index in [1.54, 1.807) is 16.2 Å². The standard InChI is InChI=1S/C23H33N5O3S/c1-3-4-11-27-21(24)20(22(30)25-23(27)31)28(16-7-5-6-8-16)19(29)14-26-12-9-18-17(15(26)2)10-13-32-18/h10,13,15-16H,3-9,11-12,14,24H2,1-2H3,(H,25,30,31)/t15-/m0/s1. The van der Waals surface area contributed by atoms with E-state index in [4.69, 9.17) is 5.73 Å². The Morgan fingerprint density at radius 3 is 2.78 bits per heavy atom. The van der Waals surface area contributed by atoms with Crippen molar-refractivity contribution >= 4 is 28.7 Å². The normalized spacial score (nSPS) is 19.2. The molecular weight excluding hydrogens is 426 g/mol. The fourth-order valence-electron chi connectivity index (χ4n) is 5.05. The molecule has 1 aliphatic carbocycles. The molecule has 2 aliphatic rings. The number of aromatic nitrogens is 2. The molecule has 1 aliphatic heterocycles. The first kappa shape index (κ1) is 22.8. The molecule has 0 bridgehead atoms. The van der Waals surface area contributed by atoms with Crippen molar-refractivity contribution in [3.05, 3.63) is 42.7 Å². The first-order valence-electron chi connectivity index (χ1n) is 11.7. The second-order valence-corrected chi connectivity index (χ2v) is 9.90. The number of nitrogens with two attached hydrogens (primary N) is 1. The molecule has 2 aromatic heterocycles. The van der Waals surface area contributed by atoms with Crippen molar-refractivity contribution in [3.8, 4) is 0 Å². The van der Waals surface area contributed by atoms with Gasteiger partial charge in [0, 0.05) is 30.1 Å². The summed E-state index contributed by atoms with van der Waals surface area (Å²) in [7, 11) is 0. The number of hydrogen-bond donors (Lipinski definition) is 2. The van der Waals surface area contributed by atoms with Crippen LogP contribution in [-0.2, 0) is 17.8 Å². The van der Waals surface area contributed by atoms with Gasteiger partial charge in [0.2, 0.25) is 5.91 Å². The third-order valence-corrected chi connectivity index (χ3v) is 7.89. The van der Waals surface area contributed by atoms with Gasteiger partial charge >= 0.3 is 5.69 Å². The molecule has 4 rings (SSSR count). The third-order valence-electron chi connectivity index (χ3n) is 6.89. The molecule has 0 unspecified atom stereocenters. The molecule has 1 atom stereocenters. The minimum Gasteiger partial charge on any atom is -0.383 e. The summed E-state index contributed by atoms with van der Waals surface area (Å²) in [4.78, 5) is 46.6. The molecule has 174 valence electrons. The van der Waals surface area contributed by atoms with Gasteiger partial charge in [-0.1, -0.05) is 26.2 Å². The maximum atomic E-state index is 13.7. The predicted octanol–water partition coefficient (Wildman–Crippen LogP) is 2.88. The van der Waals surface area contributed by atoms with Gasteiger partial charge in [-0.2, -0.15) is 0 Å². The Kier molecular flexibility index (Phi) is 6.85. The van der Waals surface area contributed by atoms with Crippen LogP contribution >= 0.6 is 11.3 Å². The zero-order chi connectivity index (χ0) is 22.8. The van der Waals surface area contributed by atoms with Crippen molar-refractivity contribution in [3.63, 3.8) is 0 Å². The highest BCUT2D eigenvalue weighted by Crippen LogP contribution is 2.34. The highest BCUT2D eigenvalue weighted by atomic mass is 32.1. The van der Waals surface area contributed by atoms with Gasteiger partial charge in [-0.25, -0.2) is 4.79 Å². The van der Waals surface area contributed by atoms with Crippen molar-refractivity contribution in [2.24, 2.45) is 0 Å². The van der Waals surface area contributed by atoms with Gasteiger partial charge < -0.3 is 10.6 Å². The summed E-state index contributed by atoms with van der Waals surface area (Å²) in [5.41, 5.74) is 6.71. The van der Waals surface area contributed by atoms with Gasteiger partial charge in [-0.3, -0.25) is 24.0 Å². The lowest BCUT2D eigenvalue weighted by atomic mass is 10.0. The molecule has 0 spiro atoms. The molecule has 32 heavy (non-hydrogen) atoms. The van der Waals surface area contributed by atoms with Gasteiger partial charge in [-0.15, -0.1) is 11.3 Å². The molecule has 1 saturated carbocycles. The molecule has 0 aromatic carbocycles. The Morgan fingerprint density at radius 2 is 2.06 bits per heavy atom. The predicted molar refractivity (Wildman–Crippen MR) is 128 cm³/mol. The summed E-state index contributed by atoms with van der Waals surface area (Å²) in [6.45, 7) is 5.60. The van der Waals surface area contributed by atoms with E-state index < -0.39 is 11.2 Å². The number of nitrogens with one attached hydrogen (secondary N) is 1. The lowest BCUT2D eigenvalue weighted by molar-refractivity contribution is -0.120. The van der Waals surface area contributed by atoms with E-state index in [0.717, 1.165) is 51.5 Å². The van der Waals surface area contributed by atoms with Gasteiger partial charge in [0.25, 0.3) is 5.56 Å². The van der Waals surface area contributed by atoms with E-state index in [9.17, 15) is 14.4 Å². The minimum atomic E-state index is -0.577. The molecule has 2 aromatic rings.